The fraction of sp³-hybridized carbons (Fsp3) is 0.750. The predicted octanol–water partition coefficient (Wildman–Crippen LogP) is 0.776. The zero-order valence-electron chi connectivity index (χ0n) is 13.1. The summed E-state index contributed by atoms with van der Waals surface area (Å²) in [6.07, 6.45) is 5.07. The quantitative estimate of drug-likeness (QED) is 0.859. The molecule has 6 heteroatoms. The summed E-state index contributed by atoms with van der Waals surface area (Å²) in [5, 5.41) is 18.4. The maximum atomic E-state index is 12.0. The molecule has 1 saturated carbocycles. The van der Waals surface area contributed by atoms with Crippen molar-refractivity contribution in [3.8, 4) is 0 Å². The Labute approximate surface area is 130 Å². The molecule has 2 fully saturated rings. The van der Waals surface area contributed by atoms with E-state index in [2.05, 4.69) is 10.4 Å². The number of nitrogens with zero attached hydrogens (tertiary/aromatic N) is 2. The topological polar surface area (TPSA) is 76.4 Å². The second-order valence-corrected chi connectivity index (χ2v) is 6.63. The van der Waals surface area contributed by atoms with E-state index >= 15 is 0 Å². The summed E-state index contributed by atoms with van der Waals surface area (Å²) in [6, 6.07) is 3.17. The van der Waals surface area contributed by atoms with E-state index in [-0.39, 0.29) is 17.6 Å². The van der Waals surface area contributed by atoms with Crippen LogP contribution in [-0.4, -0.2) is 46.3 Å². The molecule has 2 N–H and O–H groups in total. The standard InChI is InChI=1S/C16H25N3O3/c1-12-5-6-15(20)19(18-12)14-10-22-9-13(14)17-11-16(21)7-3-2-4-8-16/h5-6,13-14,17,21H,2-4,7-11H2,1H3. The van der Waals surface area contributed by atoms with Gasteiger partial charge in [-0.3, -0.25) is 4.79 Å². The van der Waals surface area contributed by atoms with E-state index in [1.54, 1.807) is 12.1 Å². The molecular weight excluding hydrogens is 282 g/mol. The Morgan fingerprint density at radius 1 is 1.36 bits per heavy atom. The second-order valence-electron chi connectivity index (χ2n) is 6.63. The minimum absolute atomic E-state index is 0.0120. The van der Waals surface area contributed by atoms with Crippen molar-refractivity contribution in [1.82, 2.24) is 15.1 Å². The molecule has 1 aromatic heterocycles. The molecule has 22 heavy (non-hydrogen) atoms. The molecule has 2 aliphatic rings. The van der Waals surface area contributed by atoms with E-state index in [1.165, 1.54) is 11.1 Å². The van der Waals surface area contributed by atoms with E-state index in [9.17, 15) is 9.90 Å². The minimum Gasteiger partial charge on any atom is -0.389 e. The van der Waals surface area contributed by atoms with E-state index in [0.29, 0.717) is 19.8 Å². The molecule has 0 spiro atoms. The van der Waals surface area contributed by atoms with Crippen LogP contribution >= 0.6 is 0 Å². The maximum absolute atomic E-state index is 12.0. The number of hydrogen-bond donors (Lipinski definition) is 2. The second kappa shape index (κ2) is 6.48. The first-order valence-electron chi connectivity index (χ1n) is 8.17. The molecule has 1 aromatic rings. The predicted molar refractivity (Wildman–Crippen MR) is 82.9 cm³/mol. The third kappa shape index (κ3) is 3.39. The average Bonchev–Trinajstić information content (AvgIpc) is 2.97. The highest BCUT2D eigenvalue weighted by Gasteiger charge is 2.35. The first-order valence-corrected chi connectivity index (χ1v) is 8.17. The molecule has 2 atom stereocenters. The number of aliphatic hydroxyl groups is 1. The van der Waals surface area contributed by atoms with Crippen LogP contribution in [0.5, 0.6) is 0 Å². The molecule has 0 amide bonds. The zero-order chi connectivity index (χ0) is 15.6. The third-order valence-electron chi connectivity index (χ3n) is 4.80. The van der Waals surface area contributed by atoms with Crippen molar-refractivity contribution in [3.63, 3.8) is 0 Å². The van der Waals surface area contributed by atoms with Crippen molar-refractivity contribution in [2.75, 3.05) is 19.8 Å². The Morgan fingerprint density at radius 2 is 2.14 bits per heavy atom. The van der Waals surface area contributed by atoms with Gasteiger partial charge in [0.15, 0.2) is 0 Å². The van der Waals surface area contributed by atoms with Gasteiger partial charge in [0, 0.05) is 12.6 Å². The Bertz CT molecular complexity index is 566. The summed E-state index contributed by atoms with van der Waals surface area (Å²) in [7, 11) is 0. The monoisotopic (exact) mass is 307 g/mol. The minimum atomic E-state index is -0.615. The number of hydrogen-bond acceptors (Lipinski definition) is 5. The summed E-state index contributed by atoms with van der Waals surface area (Å²) in [4.78, 5) is 12.0. The van der Waals surface area contributed by atoms with Gasteiger partial charge in [-0.25, -0.2) is 4.68 Å². The summed E-state index contributed by atoms with van der Waals surface area (Å²) in [5.41, 5.74) is 0.0940. The van der Waals surface area contributed by atoms with E-state index in [4.69, 9.17) is 4.74 Å². The molecule has 6 nitrogen and oxygen atoms in total. The zero-order valence-corrected chi connectivity index (χ0v) is 13.1. The van der Waals surface area contributed by atoms with Gasteiger partial charge in [0.25, 0.3) is 5.56 Å². The fourth-order valence-corrected chi connectivity index (χ4v) is 3.45. The summed E-state index contributed by atoms with van der Waals surface area (Å²) >= 11 is 0. The molecule has 2 heterocycles. The first-order chi connectivity index (χ1) is 10.6. The Balaban J connectivity index is 1.68. The van der Waals surface area contributed by atoms with Gasteiger partial charge in [0.1, 0.15) is 0 Å². The van der Waals surface area contributed by atoms with Crippen molar-refractivity contribution >= 4 is 0 Å². The van der Waals surface area contributed by atoms with Gasteiger partial charge in [-0.05, 0) is 25.8 Å². The number of rotatable bonds is 4. The molecule has 0 bridgehead atoms. The highest BCUT2D eigenvalue weighted by Crippen LogP contribution is 2.28. The Hall–Kier alpha value is -1.24. The van der Waals surface area contributed by atoms with Crippen LogP contribution in [0.3, 0.4) is 0 Å². The molecule has 0 radical (unpaired) electrons. The van der Waals surface area contributed by atoms with Gasteiger partial charge >= 0.3 is 0 Å². The molecule has 3 rings (SSSR count). The van der Waals surface area contributed by atoms with Gasteiger partial charge in [-0.2, -0.15) is 5.10 Å². The van der Waals surface area contributed by atoms with E-state index in [1.807, 2.05) is 6.92 Å². The van der Waals surface area contributed by atoms with Crippen LogP contribution in [0.2, 0.25) is 0 Å². The summed E-state index contributed by atoms with van der Waals surface area (Å²) in [6.45, 7) is 3.45. The molecular formula is C16H25N3O3. The Morgan fingerprint density at radius 3 is 2.91 bits per heavy atom. The average molecular weight is 307 g/mol. The van der Waals surface area contributed by atoms with Crippen molar-refractivity contribution in [3.05, 3.63) is 28.2 Å². The van der Waals surface area contributed by atoms with Crippen molar-refractivity contribution in [1.29, 1.82) is 0 Å². The summed E-state index contributed by atoms with van der Waals surface area (Å²) in [5.74, 6) is 0. The smallest absolute Gasteiger partial charge is 0.267 e. The number of aryl methyl sites for hydroxylation is 1. The third-order valence-corrected chi connectivity index (χ3v) is 4.80. The largest absolute Gasteiger partial charge is 0.389 e. The Kier molecular flexibility index (Phi) is 4.61. The maximum Gasteiger partial charge on any atom is 0.267 e. The lowest BCUT2D eigenvalue weighted by molar-refractivity contribution is 0.00163. The van der Waals surface area contributed by atoms with E-state index in [0.717, 1.165) is 31.4 Å². The molecule has 1 aliphatic heterocycles. The molecule has 122 valence electrons. The lowest BCUT2D eigenvalue weighted by atomic mass is 9.84. The van der Waals surface area contributed by atoms with Crippen molar-refractivity contribution < 1.29 is 9.84 Å². The van der Waals surface area contributed by atoms with Crippen LogP contribution in [0.25, 0.3) is 0 Å². The lowest BCUT2D eigenvalue weighted by Crippen LogP contribution is -2.49. The van der Waals surface area contributed by atoms with Crippen LogP contribution in [0, 0.1) is 6.92 Å². The molecule has 0 aromatic carbocycles. The van der Waals surface area contributed by atoms with Crippen LogP contribution in [-0.2, 0) is 4.74 Å². The molecule has 1 aliphatic carbocycles. The highest BCUT2D eigenvalue weighted by atomic mass is 16.5. The van der Waals surface area contributed by atoms with Crippen LogP contribution in [0.4, 0.5) is 0 Å². The van der Waals surface area contributed by atoms with Crippen LogP contribution in [0.1, 0.15) is 43.8 Å². The van der Waals surface area contributed by atoms with Gasteiger partial charge in [0.2, 0.25) is 0 Å². The molecule has 2 unspecified atom stereocenters. The van der Waals surface area contributed by atoms with Gasteiger partial charge in [-0.15, -0.1) is 0 Å². The lowest BCUT2D eigenvalue weighted by Gasteiger charge is -2.34. The van der Waals surface area contributed by atoms with Gasteiger partial charge in [0.05, 0.1) is 36.6 Å². The SMILES string of the molecule is Cc1ccc(=O)n(C2COCC2NCC2(O)CCCCC2)n1. The van der Waals surface area contributed by atoms with Crippen LogP contribution < -0.4 is 10.9 Å². The van der Waals surface area contributed by atoms with Gasteiger partial charge in [-0.1, -0.05) is 19.3 Å². The summed E-state index contributed by atoms with van der Waals surface area (Å²) < 4.78 is 7.07. The number of aromatic nitrogens is 2. The fourth-order valence-electron chi connectivity index (χ4n) is 3.45. The highest BCUT2D eigenvalue weighted by molar-refractivity contribution is 5.00. The van der Waals surface area contributed by atoms with Crippen molar-refractivity contribution in [2.24, 2.45) is 0 Å². The normalized spacial score (nSPS) is 27.9. The van der Waals surface area contributed by atoms with Crippen LogP contribution in [0.15, 0.2) is 16.9 Å². The van der Waals surface area contributed by atoms with Gasteiger partial charge < -0.3 is 15.2 Å². The number of nitrogens with one attached hydrogen (secondary N) is 1. The first kappa shape index (κ1) is 15.6. The van der Waals surface area contributed by atoms with Crippen molar-refractivity contribution in [2.45, 2.75) is 56.7 Å². The number of ether oxygens (including phenoxy) is 1. The van der Waals surface area contributed by atoms with E-state index < -0.39 is 5.60 Å². The molecule has 1 saturated heterocycles.